The molecule has 1 aromatic heterocycles. The average molecular weight is 438 g/mol. The van der Waals surface area contributed by atoms with Gasteiger partial charge >= 0.3 is 0 Å². The second-order valence-electron chi connectivity index (χ2n) is 7.87. The number of aliphatic hydroxyl groups is 1. The lowest BCUT2D eigenvalue weighted by molar-refractivity contribution is -0.122. The summed E-state index contributed by atoms with van der Waals surface area (Å²) in [5.41, 5.74) is 1.99. The molecule has 1 atom stereocenters. The van der Waals surface area contributed by atoms with Crippen LogP contribution in [0, 0.1) is 12.7 Å². The van der Waals surface area contributed by atoms with Crippen LogP contribution in [0.5, 0.6) is 0 Å². The molecule has 3 rings (SSSR count). The Morgan fingerprint density at radius 2 is 1.91 bits per heavy atom. The Labute approximate surface area is 186 Å². The number of aliphatic hydroxyl groups excluding tert-OH is 1. The fourth-order valence-corrected chi connectivity index (χ4v) is 3.66. The lowest BCUT2D eigenvalue weighted by Crippen LogP contribution is -2.39. The van der Waals surface area contributed by atoms with Crippen LogP contribution in [-0.2, 0) is 24.2 Å². The maximum Gasteiger partial charge on any atom is 0.257 e. The number of halogens is 1. The lowest BCUT2D eigenvalue weighted by atomic mass is 10.1. The van der Waals surface area contributed by atoms with Crippen molar-refractivity contribution in [1.82, 2.24) is 14.9 Å². The third-order valence-electron chi connectivity index (χ3n) is 5.33. The fourth-order valence-electron chi connectivity index (χ4n) is 3.66. The summed E-state index contributed by atoms with van der Waals surface area (Å²) in [5, 5.41) is 12.3. The van der Waals surface area contributed by atoms with Crippen molar-refractivity contribution in [3.8, 4) is 11.4 Å². The highest BCUT2D eigenvalue weighted by Crippen LogP contribution is 2.19. The Morgan fingerprint density at radius 1 is 1.16 bits per heavy atom. The summed E-state index contributed by atoms with van der Waals surface area (Å²) in [6, 6.07) is 15.7. The highest BCUT2D eigenvalue weighted by atomic mass is 19.1. The number of aryl methyl sites for hydroxylation is 2. The maximum absolute atomic E-state index is 13.8. The van der Waals surface area contributed by atoms with E-state index in [9.17, 15) is 19.1 Å². The lowest BCUT2D eigenvalue weighted by Gasteiger charge is -2.18. The van der Waals surface area contributed by atoms with Crippen molar-refractivity contribution < 1.29 is 14.3 Å². The molecule has 32 heavy (non-hydrogen) atoms. The van der Waals surface area contributed by atoms with Crippen LogP contribution in [0.4, 0.5) is 4.39 Å². The molecule has 0 aliphatic carbocycles. The molecule has 0 bridgehead atoms. The number of carbonyl (C=O) groups is 1. The Hall–Kier alpha value is -3.32. The second kappa shape index (κ2) is 10.8. The molecule has 0 radical (unpaired) electrons. The molecule has 0 fully saturated rings. The highest BCUT2D eigenvalue weighted by molar-refractivity contribution is 5.76. The van der Waals surface area contributed by atoms with Crippen LogP contribution < -0.4 is 10.9 Å². The van der Waals surface area contributed by atoms with Crippen molar-refractivity contribution in [3.63, 3.8) is 0 Å². The zero-order valence-corrected chi connectivity index (χ0v) is 18.3. The number of nitrogens with one attached hydrogen (secondary N) is 1. The van der Waals surface area contributed by atoms with Crippen LogP contribution in [0.2, 0.25) is 0 Å². The summed E-state index contributed by atoms with van der Waals surface area (Å²) in [6.45, 7) is 3.14. The number of nitrogens with zero attached hydrogens (tertiary/aromatic N) is 2. The zero-order valence-electron chi connectivity index (χ0n) is 18.3. The van der Waals surface area contributed by atoms with Gasteiger partial charge in [0.05, 0.1) is 0 Å². The largest absolute Gasteiger partial charge is 0.396 e. The fraction of sp³-hybridized carbons (Fsp3) is 0.320. The molecule has 6 nitrogen and oxygen atoms in total. The van der Waals surface area contributed by atoms with Gasteiger partial charge in [-0.2, -0.15) is 0 Å². The minimum absolute atomic E-state index is 0.0913. The van der Waals surface area contributed by atoms with E-state index >= 15 is 0 Å². The van der Waals surface area contributed by atoms with Gasteiger partial charge < -0.3 is 10.4 Å². The molecule has 0 aliphatic rings. The zero-order chi connectivity index (χ0) is 23.1. The molecule has 3 aromatic rings. The van der Waals surface area contributed by atoms with Crippen LogP contribution in [0.1, 0.15) is 30.2 Å². The topological polar surface area (TPSA) is 84.2 Å². The van der Waals surface area contributed by atoms with Crippen molar-refractivity contribution >= 4 is 5.91 Å². The minimum Gasteiger partial charge on any atom is -0.396 e. The van der Waals surface area contributed by atoms with E-state index in [1.807, 2.05) is 37.3 Å². The average Bonchev–Trinajstić information content (AvgIpc) is 2.77. The molecule has 1 amide bonds. The smallest absolute Gasteiger partial charge is 0.257 e. The molecular formula is C25H28FN3O3. The van der Waals surface area contributed by atoms with E-state index in [1.54, 1.807) is 13.0 Å². The molecular weight excluding hydrogens is 409 g/mol. The number of carbonyl (C=O) groups excluding carboxylic acids is 1. The number of hydrogen-bond donors (Lipinski definition) is 2. The molecule has 2 aromatic carbocycles. The van der Waals surface area contributed by atoms with Gasteiger partial charge in [0.25, 0.3) is 5.56 Å². The number of hydrogen-bond acceptors (Lipinski definition) is 4. The molecule has 2 N–H and O–H groups in total. The Balaban J connectivity index is 1.82. The molecule has 0 saturated heterocycles. The van der Waals surface area contributed by atoms with Gasteiger partial charge in [0.2, 0.25) is 5.91 Å². The third kappa shape index (κ3) is 5.88. The van der Waals surface area contributed by atoms with Gasteiger partial charge in [-0.25, -0.2) is 9.37 Å². The van der Waals surface area contributed by atoms with Crippen molar-refractivity contribution in [1.29, 1.82) is 0 Å². The number of benzene rings is 2. The number of amides is 1. The second-order valence-corrected chi connectivity index (χ2v) is 7.87. The Bertz CT molecular complexity index is 1130. The normalized spacial score (nSPS) is 11.9. The maximum atomic E-state index is 13.8. The minimum atomic E-state index is -0.459. The monoisotopic (exact) mass is 437 g/mol. The molecule has 0 saturated carbocycles. The first-order valence-electron chi connectivity index (χ1n) is 10.7. The molecule has 7 heteroatoms. The highest BCUT2D eigenvalue weighted by Gasteiger charge is 2.18. The standard InChI is InChI=1S/C25H28FN3O3/c1-17(11-12-19-7-4-3-5-8-19)27-23(31)16-29-24(20-9-6-10-21(26)15-20)28-18(2)22(13-14-30)25(29)32/h3-10,15,17,30H,11-14,16H2,1-2H3,(H,27,31). The first kappa shape index (κ1) is 23.3. The molecule has 0 aliphatic heterocycles. The van der Waals surface area contributed by atoms with E-state index in [0.717, 1.165) is 12.8 Å². The van der Waals surface area contributed by atoms with Crippen LogP contribution in [0.3, 0.4) is 0 Å². The van der Waals surface area contributed by atoms with Crippen LogP contribution >= 0.6 is 0 Å². The summed E-state index contributed by atoms with van der Waals surface area (Å²) in [5.74, 6) is -0.564. The summed E-state index contributed by atoms with van der Waals surface area (Å²) in [4.78, 5) is 30.4. The molecule has 168 valence electrons. The predicted octanol–water partition coefficient (Wildman–Crippen LogP) is 3.03. The summed E-state index contributed by atoms with van der Waals surface area (Å²) < 4.78 is 15.1. The van der Waals surface area contributed by atoms with Gasteiger partial charge in [0.1, 0.15) is 18.2 Å². The summed E-state index contributed by atoms with van der Waals surface area (Å²) >= 11 is 0. The SMILES string of the molecule is Cc1nc(-c2cccc(F)c2)n(CC(=O)NC(C)CCc2ccccc2)c(=O)c1CCO. The van der Waals surface area contributed by atoms with Gasteiger partial charge in [0, 0.05) is 35.9 Å². The van der Waals surface area contributed by atoms with Gasteiger partial charge in [-0.05, 0) is 44.4 Å². The van der Waals surface area contributed by atoms with E-state index in [2.05, 4.69) is 10.3 Å². The summed E-state index contributed by atoms with van der Waals surface area (Å²) in [7, 11) is 0. The Kier molecular flexibility index (Phi) is 7.89. The Morgan fingerprint density at radius 3 is 2.59 bits per heavy atom. The van der Waals surface area contributed by atoms with E-state index < -0.39 is 11.4 Å². The third-order valence-corrected chi connectivity index (χ3v) is 5.33. The van der Waals surface area contributed by atoms with Crippen LogP contribution in [-0.4, -0.2) is 33.2 Å². The predicted molar refractivity (Wildman–Crippen MR) is 122 cm³/mol. The van der Waals surface area contributed by atoms with E-state index in [1.165, 1.54) is 28.3 Å². The van der Waals surface area contributed by atoms with Gasteiger partial charge in [-0.15, -0.1) is 0 Å². The number of rotatable bonds is 9. The van der Waals surface area contributed by atoms with Gasteiger partial charge in [-0.1, -0.05) is 42.5 Å². The first-order valence-corrected chi connectivity index (χ1v) is 10.7. The molecule has 0 spiro atoms. The van der Waals surface area contributed by atoms with E-state index in [4.69, 9.17) is 0 Å². The molecule has 1 heterocycles. The molecule has 1 unspecified atom stereocenters. The van der Waals surface area contributed by atoms with Crippen LogP contribution in [0.15, 0.2) is 59.4 Å². The van der Waals surface area contributed by atoms with E-state index in [0.29, 0.717) is 16.8 Å². The van der Waals surface area contributed by atoms with Crippen molar-refractivity contribution in [2.75, 3.05) is 6.61 Å². The van der Waals surface area contributed by atoms with Crippen molar-refractivity contribution in [2.45, 2.75) is 45.7 Å². The van der Waals surface area contributed by atoms with Gasteiger partial charge in [0.15, 0.2) is 0 Å². The van der Waals surface area contributed by atoms with Gasteiger partial charge in [-0.3, -0.25) is 14.2 Å². The van der Waals surface area contributed by atoms with Crippen molar-refractivity contribution in [3.05, 3.63) is 87.6 Å². The van der Waals surface area contributed by atoms with Crippen LogP contribution in [0.25, 0.3) is 11.4 Å². The first-order chi connectivity index (χ1) is 15.4. The number of aromatic nitrogens is 2. The summed E-state index contributed by atoms with van der Waals surface area (Å²) in [6.07, 6.45) is 1.71. The van der Waals surface area contributed by atoms with Crippen molar-refractivity contribution in [2.24, 2.45) is 0 Å². The van der Waals surface area contributed by atoms with E-state index in [-0.39, 0.29) is 37.3 Å². The quantitative estimate of drug-likeness (QED) is 0.539.